The Morgan fingerprint density at radius 3 is 2.12 bits per heavy atom. The maximum absolute atomic E-state index is 13.0. The zero-order chi connectivity index (χ0) is 24.2. The maximum Gasteiger partial charge on any atom is 0.416 e. The van der Waals surface area contributed by atoms with Gasteiger partial charge >= 0.3 is 12.1 Å². The van der Waals surface area contributed by atoms with Crippen molar-refractivity contribution in [1.29, 1.82) is 5.26 Å². The van der Waals surface area contributed by atoms with E-state index >= 15 is 0 Å². The number of carboxylic acid groups (broad SMARTS) is 1. The molecule has 3 rings (SSSR count). The number of alkyl halides is 3. The van der Waals surface area contributed by atoms with Gasteiger partial charge in [-0.3, -0.25) is 4.79 Å². The average Bonchev–Trinajstić information content (AvgIpc) is 2.77. The van der Waals surface area contributed by atoms with E-state index in [4.69, 9.17) is 5.26 Å². The van der Waals surface area contributed by atoms with Gasteiger partial charge in [-0.15, -0.1) is 0 Å². The molecule has 3 aromatic carbocycles. The molecule has 0 aromatic heterocycles. The van der Waals surface area contributed by atoms with Gasteiger partial charge in [-0.25, -0.2) is 0 Å². The summed E-state index contributed by atoms with van der Waals surface area (Å²) in [6.45, 7) is 3.87. The van der Waals surface area contributed by atoms with E-state index in [1.807, 2.05) is 19.9 Å². The topological polar surface area (TPSA) is 73.1 Å². The highest BCUT2D eigenvalue weighted by molar-refractivity contribution is 5.80. The van der Waals surface area contributed by atoms with Gasteiger partial charge in [0.2, 0.25) is 0 Å². The fourth-order valence-electron chi connectivity index (χ4n) is 3.59. The summed E-state index contributed by atoms with van der Waals surface area (Å²) >= 11 is 0. The second kappa shape index (κ2) is 9.78. The van der Waals surface area contributed by atoms with E-state index in [1.165, 1.54) is 12.1 Å². The van der Waals surface area contributed by atoms with E-state index in [2.05, 4.69) is 5.32 Å². The van der Waals surface area contributed by atoms with Crippen LogP contribution in [0, 0.1) is 17.2 Å². The number of benzene rings is 3. The van der Waals surface area contributed by atoms with E-state index in [0.717, 1.165) is 12.1 Å². The number of aliphatic carboxylic acids is 1. The lowest BCUT2D eigenvalue weighted by atomic mass is 9.88. The number of nitrogens with one attached hydrogen (secondary N) is 1. The minimum absolute atomic E-state index is 0.135. The molecular formula is C26H23F3N2O2. The van der Waals surface area contributed by atoms with Gasteiger partial charge in [0.15, 0.2) is 0 Å². The van der Waals surface area contributed by atoms with E-state index in [1.54, 1.807) is 42.5 Å². The molecule has 2 N–H and O–H groups in total. The molecule has 0 spiro atoms. The zero-order valence-corrected chi connectivity index (χ0v) is 18.1. The average molecular weight is 452 g/mol. The first kappa shape index (κ1) is 23.9. The zero-order valence-electron chi connectivity index (χ0n) is 18.1. The van der Waals surface area contributed by atoms with Gasteiger partial charge in [0.1, 0.15) is 0 Å². The number of carboxylic acids is 1. The van der Waals surface area contributed by atoms with Crippen molar-refractivity contribution < 1.29 is 23.1 Å². The summed E-state index contributed by atoms with van der Waals surface area (Å²) in [5, 5.41) is 22.0. The van der Waals surface area contributed by atoms with Crippen LogP contribution in [-0.4, -0.2) is 11.1 Å². The van der Waals surface area contributed by atoms with Crippen molar-refractivity contribution in [2.24, 2.45) is 5.92 Å². The van der Waals surface area contributed by atoms with Gasteiger partial charge < -0.3 is 10.4 Å². The normalized spacial score (nSPS) is 12.3. The predicted molar refractivity (Wildman–Crippen MR) is 121 cm³/mol. The van der Waals surface area contributed by atoms with Crippen LogP contribution in [0.3, 0.4) is 0 Å². The molecule has 170 valence electrons. The highest BCUT2D eigenvalue weighted by atomic mass is 19.4. The van der Waals surface area contributed by atoms with Gasteiger partial charge in [-0.05, 0) is 77.6 Å². The number of hydrogen-bond donors (Lipinski definition) is 2. The van der Waals surface area contributed by atoms with Crippen molar-refractivity contribution in [3.8, 4) is 17.2 Å². The van der Waals surface area contributed by atoms with Crippen LogP contribution in [0.5, 0.6) is 0 Å². The first-order valence-electron chi connectivity index (χ1n) is 10.4. The van der Waals surface area contributed by atoms with Gasteiger partial charge in [0.25, 0.3) is 0 Å². The Morgan fingerprint density at radius 2 is 1.61 bits per heavy atom. The van der Waals surface area contributed by atoms with E-state index in [-0.39, 0.29) is 5.92 Å². The summed E-state index contributed by atoms with van der Waals surface area (Å²) in [7, 11) is 0. The molecule has 0 amide bonds. The molecule has 1 unspecified atom stereocenters. The number of hydrogen-bond acceptors (Lipinski definition) is 3. The molecule has 0 heterocycles. The summed E-state index contributed by atoms with van der Waals surface area (Å²) in [6, 6.07) is 18.8. The lowest BCUT2D eigenvalue weighted by molar-refractivity contribution is -0.139. The van der Waals surface area contributed by atoms with Crippen LogP contribution in [0.4, 0.5) is 24.5 Å². The van der Waals surface area contributed by atoms with E-state index in [0.29, 0.717) is 40.0 Å². The predicted octanol–water partition coefficient (Wildman–Crippen LogP) is 7.20. The lowest BCUT2D eigenvalue weighted by Gasteiger charge is -2.19. The standard InChI is InChI=1S/C26H23F3N2O2/c1-16(2)11-24(25(32)33)20-12-19(18-5-7-21(8-6-18)26(27,28)29)13-23(14-20)31-22-9-3-17(15-30)4-10-22/h3-10,12-14,16,24,31H,11H2,1-2H3,(H,32,33). The summed E-state index contributed by atoms with van der Waals surface area (Å²) in [6.07, 6.45) is -4.02. The Labute approximate surface area is 190 Å². The van der Waals surface area contributed by atoms with Gasteiger partial charge in [0.05, 0.1) is 23.1 Å². The van der Waals surface area contributed by atoms with Crippen molar-refractivity contribution in [3.63, 3.8) is 0 Å². The second-order valence-corrected chi connectivity index (χ2v) is 8.25. The molecule has 0 saturated heterocycles. The maximum atomic E-state index is 13.0. The number of nitrogens with zero attached hydrogens (tertiary/aromatic N) is 1. The fraction of sp³-hybridized carbons (Fsp3) is 0.231. The smallest absolute Gasteiger partial charge is 0.416 e. The lowest BCUT2D eigenvalue weighted by Crippen LogP contribution is -2.14. The number of halogens is 3. The van der Waals surface area contributed by atoms with Crippen molar-refractivity contribution in [3.05, 3.63) is 83.4 Å². The molecule has 4 nitrogen and oxygen atoms in total. The Hall–Kier alpha value is -3.79. The molecule has 1 atom stereocenters. The molecule has 33 heavy (non-hydrogen) atoms. The molecule has 0 aliphatic carbocycles. The third-order valence-corrected chi connectivity index (χ3v) is 5.21. The third-order valence-electron chi connectivity index (χ3n) is 5.21. The van der Waals surface area contributed by atoms with Crippen LogP contribution in [0.15, 0.2) is 66.7 Å². The van der Waals surface area contributed by atoms with Crippen LogP contribution < -0.4 is 5.32 Å². The number of rotatable bonds is 7. The van der Waals surface area contributed by atoms with Crippen LogP contribution in [0.25, 0.3) is 11.1 Å². The van der Waals surface area contributed by atoms with Crippen molar-refractivity contribution in [1.82, 2.24) is 0 Å². The van der Waals surface area contributed by atoms with Crippen molar-refractivity contribution >= 4 is 17.3 Å². The van der Waals surface area contributed by atoms with E-state index in [9.17, 15) is 23.1 Å². The Kier molecular flexibility index (Phi) is 7.07. The Bertz CT molecular complexity index is 1160. The number of carbonyl (C=O) groups is 1. The van der Waals surface area contributed by atoms with Gasteiger partial charge in [-0.1, -0.05) is 32.0 Å². The van der Waals surface area contributed by atoms with Crippen molar-refractivity contribution in [2.45, 2.75) is 32.4 Å². The first-order chi connectivity index (χ1) is 15.6. The monoisotopic (exact) mass is 452 g/mol. The number of nitriles is 1. The minimum Gasteiger partial charge on any atom is -0.481 e. The Balaban J connectivity index is 2.06. The van der Waals surface area contributed by atoms with Crippen LogP contribution in [0.2, 0.25) is 0 Å². The second-order valence-electron chi connectivity index (χ2n) is 8.25. The Morgan fingerprint density at radius 1 is 0.970 bits per heavy atom. The van der Waals surface area contributed by atoms with Crippen LogP contribution in [-0.2, 0) is 11.0 Å². The molecule has 7 heteroatoms. The summed E-state index contributed by atoms with van der Waals surface area (Å²) in [5.74, 6) is -1.59. The van der Waals surface area contributed by atoms with Gasteiger partial charge in [-0.2, -0.15) is 18.4 Å². The molecule has 3 aromatic rings. The fourth-order valence-corrected chi connectivity index (χ4v) is 3.59. The summed E-state index contributed by atoms with van der Waals surface area (Å²) < 4.78 is 38.9. The van der Waals surface area contributed by atoms with Crippen LogP contribution >= 0.6 is 0 Å². The molecule has 0 fully saturated rings. The molecule has 0 aliphatic heterocycles. The molecule has 0 radical (unpaired) electrons. The number of anilines is 2. The SMILES string of the molecule is CC(C)CC(C(=O)O)c1cc(Nc2ccc(C#N)cc2)cc(-c2ccc(C(F)(F)F)cc2)c1. The highest BCUT2D eigenvalue weighted by Crippen LogP contribution is 2.35. The molecular weight excluding hydrogens is 429 g/mol. The highest BCUT2D eigenvalue weighted by Gasteiger charge is 2.30. The van der Waals surface area contributed by atoms with E-state index < -0.39 is 23.6 Å². The quantitative estimate of drug-likeness (QED) is 0.397. The van der Waals surface area contributed by atoms with Crippen LogP contribution in [0.1, 0.15) is 42.9 Å². The molecule has 0 bridgehead atoms. The third kappa shape index (κ3) is 6.13. The largest absolute Gasteiger partial charge is 0.481 e. The minimum atomic E-state index is -4.44. The first-order valence-corrected chi connectivity index (χ1v) is 10.4. The summed E-state index contributed by atoms with van der Waals surface area (Å²) in [4.78, 5) is 12.0. The molecule has 0 aliphatic rings. The summed E-state index contributed by atoms with van der Waals surface area (Å²) in [5.41, 5.74) is 2.75. The molecule has 0 saturated carbocycles. The van der Waals surface area contributed by atoms with Crippen molar-refractivity contribution in [2.75, 3.05) is 5.32 Å². The van der Waals surface area contributed by atoms with Gasteiger partial charge in [0, 0.05) is 11.4 Å².